The van der Waals surface area contributed by atoms with Crippen LogP contribution in [0.1, 0.15) is 17.5 Å². The zero-order valence-electron chi connectivity index (χ0n) is 11.6. The zero-order chi connectivity index (χ0) is 16.1. The Hall–Kier alpha value is -2.33. The van der Waals surface area contributed by atoms with E-state index in [9.17, 15) is 14.3 Å². The molecule has 2 aromatic carbocycles. The molecule has 0 spiro atoms. The maximum atomic E-state index is 13.0. The molecular formula is C17H14ClFO3. The predicted molar refractivity (Wildman–Crippen MR) is 83.4 cm³/mol. The summed E-state index contributed by atoms with van der Waals surface area (Å²) in [4.78, 5) is 11.0. The summed E-state index contributed by atoms with van der Waals surface area (Å²) in [5, 5.41) is 19.4. The molecule has 2 aromatic rings. The second-order valence-electron chi connectivity index (χ2n) is 4.77. The van der Waals surface area contributed by atoms with Crippen molar-refractivity contribution in [3.8, 4) is 0 Å². The van der Waals surface area contributed by atoms with E-state index >= 15 is 0 Å². The molecule has 2 N–H and O–H groups in total. The number of carboxylic acids is 1. The highest BCUT2D eigenvalue weighted by Gasteiger charge is 2.15. The van der Waals surface area contributed by atoms with E-state index in [0.29, 0.717) is 23.4 Å². The third-order valence-corrected chi connectivity index (χ3v) is 3.51. The van der Waals surface area contributed by atoms with Gasteiger partial charge in [-0.2, -0.15) is 0 Å². The summed E-state index contributed by atoms with van der Waals surface area (Å²) < 4.78 is 13.0. The maximum Gasteiger partial charge on any atom is 0.371 e. The van der Waals surface area contributed by atoms with Crippen LogP contribution in [-0.4, -0.2) is 16.2 Å². The Morgan fingerprint density at radius 1 is 1.00 bits per heavy atom. The first-order chi connectivity index (χ1) is 10.5. The molecule has 0 aliphatic rings. The van der Waals surface area contributed by atoms with Crippen molar-refractivity contribution in [1.29, 1.82) is 0 Å². The number of halogens is 2. The molecule has 2 rings (SSSR count). The topological polar surface area (TPSA) is 57.5 Å². The number of allylic oxidation sites excluding steroid dienone is 1. The van der Waals surface area contributed by atoms with Gasteiger partial charge in [-0.1, -0.05) is 35.9 Å². The third-order valence-electron chi connectivity index (χ3n) is 3.26. The molecule has 0 saturated carbocycles. The molecule has 3 nitrogen and oxygen atoms in total. The molecule has 0 aromatic heterocycles. The predicted octanol–water partition coefficient (Wildman–Crippen LogP) is 4.47. The Morgan fingerprint density at radius 3 is 2.14 bits per heavy atom. The Bertz CT molecular complexity index is 691. The molecule has 0 amide bonds. The minimum absolute atomic E-state index is 0.266. The van der Waals surface area contributed by atoms with Gasteiger partial charge >= 0.3 is 5.97 Å². The van der Waals surface area contributed by atoms with Gasteiger partial charge in [0.2, 0.25) is 5.76 Å². The fraction of sp³-hybridized carbons (Fsp3) is 0.118. The van der Waals surface area contributed by atoms with Crippen molar-refractivity contribution in [1.82, 2.24) is 0 Å². The van der Waals surface area contributed by atoms with Crippen molar-refractivity contribution in [2.24, 2.45) is 0 Å². The van der Waals surface area contributed by atoms with Gasteiger partial charge in [0.1, 0.15) is 5.82 Å². The van der Waals surface area contributed by atoms with Crippen LogP contribution in [0.4, 0.5) is 4.39 Å². The molecule has 0 unspecified atom stereocenters. The van der Waals surface area contributed by atoms with Crippen LogP contribution in [0.15, 0.2) is 54.3 Å². The van der Waals surface area contributed by atoms with E-state index < -0.39 is 17.5 Å². The number of aliphatic hydroxyl groups excluding tert-OH is 1. The lowest BCUT2D eigenvalue weighted by Gasteiger charge is -2.10. The number of carbonyl (C=O) groups is 1. The number of aliphatic hydroxyl groups is 1. The van der Waals surface area contributed by atoms with Gasteiger partial charge in [0.05, 0.1) is 0 Å². The van der Waals surface area contributed by atoms with Gasteiger partial charge in [-0.3, -0.25) is 0 Å². The number of hydrogen-bond donors (Lipinski definition) is 2. The summed E-state index contributed by atoms with van der Waals surface area (Å²) in [6, 6.07) is 12.5. The second kappa shape index (κ2) is 7.09. The largest absolute Gasteiger partial charge is 0.502 e. The summed E-state index contributed by atoms with van der Waals surface area (Å²) in [6.45, 7) is 0. The molecule has 0 bridgehead atoms. The molecule has 0 fully saturated rings. The zero-order valence-corrected chi connectivity index (χ0v) is 12.3. The van der Waals surface area contributed by atoms with E-state index in [2.05, 4.69) is 0 Å². The van der Waals surface area contributed by atoms with Crippen LogP contribution in [0.25, 0.3) is 5.57 Å². The second-order valence-corrected chi connectivity index (χ2v) is 5.20. The highest BCUT2D eigenvalue weighted by Crippen LogP contribution is 2.24. The van der Waals surface area contributed by atoms with Crippen LogP contribution in [0, 0.1) is 5.82 Å². The van der Waals surface area contributed by atoms with E-state index in [4.69, 9.17) is 16.7 Å². The fourth-order valence-corrected chi connectivity index (χ4v) is 2.23. The lowest BCUT2D eigenvalue weighted by atomic mass is 9.97. The van der Waals surface area contributed by atoms with Crippen LogP contribution in [0.5, 0.6) is 0 Å². The van der Waals surface area contributed by atoms with Crippen molar-refractivity contribution < 1.29 is 19.4 Å². The Morgan fingerprint density at radius 2 is 1.59 bits per heavy atom. The van der Waals surface area contributed by atoms with Crippen LogP contribution < -0.4 is 0 Å². The number of carboxylic acid groups (broad SMARTS) is 1. The van der Waals surface area contributed by atoms with Crippen molar-refractivity contribution in [3.63, 3.8) is 0 Å². The highest BCUT2D eigenvalue weighted by molar-refractivity contribution is 6.30. The van der Waals surface area contributed by atoms with E-state index in [0.717, 1.165) is 5.56 Å². The number of aryl methyl sites for hydroxylation is 1. The summed E-state index contributed by atoms with van der Waals surface area (Å²) in [7, 11) is 0. The van der Waals surface area contributed by atoms with Gasteiger partial charge in [-0.05, 0) is 48.2 Å². The third kappa shape index (κ3) is 4.09. The van der Waals surface area contributed by atoms with Crippen LogP contribution >= 0.6 is 11.6 Å². The molecule has 22 heavy (non-hydrogen) atoms. The Labute approximate surface area is 132 Å². The quantitative estimate of drug-likeness (QED) is 0.631. The molecule has 0 aliphatic heterocycles. The van der Waals surface area contributed by atoms with E-state index in [1.165, 1.54) is 24.3 Å². The van der Waals surface area contributed by atoms with Gasteiger partial charge in [0.15, 0.2) is 0 Å². The van der Waals surface area contributed by atoms with E-state index in [-0.39, 0.29) is 5.57 Å². The Kier molecular flexibility index (Phi) is 5.17. The first-order valence-corrected chi connectivity index (χ1v) is 7.01. The molecule has 5 heteroatoms. The van der Waals surface area contributed by atoms with Gasteiger partial charge in [0.25, 0.3) is 0 Å². The maximum absolute atomic E-state index is 13.0. The lowest BCUT2D eigenvalue weighted by Crippen LogP contribution is -2.04. The van der Waals surface area contributed by atoms with Crippen molar-refractivity contribution in [2.75, 3.05) is 0 Å². The summed E-state index contributed by atoms with van der Waals surface area (Å²) in [6.07, 6.45) is 0.840. The molecule has 0 atom stereocenters. The van der Waals surface area contributed by atoms with Gasteiger partial charge in [0, 0.05) is 10.6 Å². The van der Waals surface area contributed by atoms with Crippen LogP contribution in [0.2, 0.25) is 5.02 Å². The first-order valence-electron chi connectivity index (χ1n) is 6.63. The van der Waals surface area contributed by atoms with Crippen molar-refractivity contribution in [2.45, 2.75) is 12.8 Å². The van der Waals surface area contributed by atoms with Crippen LogP contribution in [-0.2, 0) is 11.2 Å². The number of rotatable bonds is 5. The normalized spacial score (nSPS) is 11.9. The SMILES string of the molecule is O=C(O)/C(O)=C(/CCc1ccc(Cl)cc1)c1ccc(F)cc1. The fourth-order valence-electron chi connectivity index (χ4n) is 2.10. The lowest BCUT2D eigenvalue weighted by molar-refractivity contribution is -0.135. The molecular weight excluding hydrogens is 307 g/mol. The first kappa shape index (κ1) is 16.0. The minimum atomic E-state index is -1.41. The monoisotopic (exact) mass is 320 g/mol. The minimum Gasteiger partial charge on any atom is -0.502 e. The summed E-state index contributed by atoms with van der Waals surface area (Å²) >= 11 is 5.81. The van der Waals surface area contributed by atoms with Crippen molar-refractivity contribution in [3.05, 3.63) is 76.3 Å². The van der Waals surface area contributed by atoms with Gasteiger partial charge in [-0.25, -0.2) is 9.18 Å². The van der Waals surface area contributed by atoms with E-state index in [1.807, 2.05) is 12.1 Å². The number of hydrogen-bond acceptors (Lipinski definition) is 2. The molecule has 0 heterocycles. The number of aliphatic carboxylic acids is 1. The molecule has 0 aliphatic carbocycles. The van der Waals surface area contributed by atoms with Crippen LogP contribution in [0.3, 0.4) is 0 Å². The highest BCUT2D eigenvalue weighted by atomic mass is 35.5. The summed E-state index contributed by atoms with van der Waals surface area (Å²) in [5.74, 6) is -2.55. The van der Waals surface area contributed by atoms with Gasteiger partial charge in [-0.15, -0.1) is 0 Å². The number of benzene rings is 2. The standard InChI is InChI=1S/C17H14ClFO3/c18-13-6-1-11(2-7-13)3-10-15(16(20)17(21)22)12-4-8-14(19)9-5-12/h1-2,4-9,20H,3,10H2,(H,21,22)/b16-15+. The molecule has 0 saturated heterocycles. The van der Waals surface area contributed by atoms with Crippen molar-refractivity contribution >= 4 is 23.1 Å². The average Bonchev–Trinajstić information content (AvgIpc) is 2.50. The average molecular weight is 321 g/mol. The van der Waals surface area contributed by atoms with E-state index in [1.54, 1.807) is 12.1 Å². The summed E-state index contributed by atoms with van der Waals surface area (Å²) in [5.41, 5.74) is 1.71. The molecule has 0 radical (unpaired) electrons. The molecule has 114 valence electrons. The smallest absolute Gasteiger partial charge is 0.371 e. The van der Waals surface area contributed by atoms with Gasteiger partial charge < -0.3 is 10.2 Å². The Balaban J connectivity index is 2.26.